The predicted molar refractivity (Wildman–Crippen MR) is 97.5 cm³/mol. The maximum Gasteiger partial charge on any atom is 0.251 e. The number of likely N-dealkylation sites (tertiary alicyclic amines) is 1. The molecule has 3 aliphatic heterocycles. The lowest BCUT2D eigenvalue weighted by Gasteiger charge is -2.40. The molecule has 0 saturated carbocycles. The molecule has 0 aromatic carbocycles. The zero-order valence-corrected chi connectivity index (χ0v) is 15.5. The van der Waals surface area contributed by atoms with Gasteiger partial charge in [0.05, 0.1) is 18.3 Å². The zero-order chi connectivity index (χ0) is 17.9. The number of carbonyl (C=O) groups is 1. The Morgan fingerprint density at radius 3 is 2.92 bits per heavy atom. The highest BCUT2D eigenvalue weighted by atomic mass is 16.5. The minimum Gasteiger partial charge on any atom is -0.381 e. The van der Waals surface area contributed by atoms with Crippen molar-refractivity contribution in [1.82, 2.24) is 14.8 Å². The Morgan fingerprint density at radius 1 is 1.31 bits per heavy atom. The van der Waals surface area contributed by atoms with Gasteiger partial charge < -0.3 is 14.4 Å². The molecule has 0 N–H and O–H groups in total. The summed E-state index contributed by atoms with van der Waals surface area (Å²) in [5.41, 5.74) is 0.907. The van der Waals surface area contributed by atoms with Gasteiger partial charge in [0.15, 0.2) is 0 Å². The first-order valence-corrected chi connectivity index (χ1v) is 9.83. The number of hydrogen-bond acceptors (Lipinski definition) is 5. The molecule has 6 heteroatoms. The lowest BCUT2D eigenvalue weighted by Crippen LogP contribution is -2.49. The van der Waals surface area contributed by atoms with Crippen LogP contribution < -0.4 is 0 Å². The first-order valence-electron chi connectivity index (χ1n) is 9.83. The Morgan fingerprint density at radius 2 is 2.15 bits per heavy atom. The normalized spacial score (nSPS) is 30.1. The summed E-state index contributed by atoms with van der Waals surface area (Å²) in [6, 6.07) is 6.41. The Balaban J connectivity index is 1.32. The van der Waals surface area contributed by atoms with Crippen LogP contribution in [0.25, 0.3) is 0 Å². The topological polar surface area (TPSA) is 54.9 Å². The van der Waals surface area contributed by atoms with Crippen molar-refractivity contribution in [3.63, 3.8) is 0 Å². The molecule has 142 valence electrons. The smallest absolute Gasteiger partial charge is 0.251 e. The highest BCUT2D eigenvalue weighted by Crippen LogP contribution is 2.35. The summed E-state index contributed by atoms with van der Waals surface area (Å²) in [6.45, 7) is 4.36. The first kappa shape index (κ1) is 17.9. The number of nitrogens with zero attached hydrogens (tertiary/aromatic N) is 3. The van der Waals surface area contributed by atoms with E-state index in [1.807, 2.05) is 25.2 Å². The van der Waals surface area contributed by atoms with E-state index in [2.05, 4.69) is 9.88 Å². The fourth-order valence-corrected chi connectivity index (χ4v) is 4.55. The summed E-state index contributed by atoms with van der Waals surface area (Å²) in [6.07, 6.45) is 5.89. The largest absolute Gasteiger partial charge is 0.381 e. The van der Waals surface area contributed by atoms with E-state index in [4.69, 9.17) is 9.47 Å². The number of fused-ring (bicyclic) bond motifs is 1. The van der Waals surface area contributed by atoms with Crippen molar-refractivity contribution in [1.29, 1.82) is 0 Å². The van der Waals surface area contributed by atoms with E-state index in [0.29, 0.717) is 18.5 Å². The molecule has 4 rings (SSSR count). The highest BCUT2D eigenvalue weighted by Gasteiger charge is 2.43. The molecule has 26 heavy (non-hydrogen) atoms. The van der Waals surface area contributed by atoms with Crippen LogP contribution in [0.3, 0.4) is 0 Å². The van der Waals surface area contributed by atoms with E-state index in [1.165, 1.54) is 0 Å². The Bertz CT molecular complexity index is 606. The minimum atomic E-state index is -0.298. The second-order valence-electron chi connectivity index (χ2n) is 7.80. The fourth-order valence-electron chi connectivity index (χ4n) is 4.55. The molecule has 3 aliphatic rings. The van der Waals surface area contributed by atoms with Crippen LogP contribution in [0.2, 0.25) is 0 Å². The first-order chi connectivity index (χ1) is 12.7. The second-order valence-corrected chi connectivity index (χ2v) is 7.80. The van der Waals surface area contributed by atoms with E-state index in [-0.39, 0.29) is 18.1 Å². The van der Waals surface area contributed by atoms with E-state index in [9.17, 15) is 4.79 Å². The third kappa shape index (κ3) is 3.92. The molecule has 3 atom stereocenters. The monoisotopic (exact) mass is 359 g/mol. The minimum absolute atomic E-state index is 0.0858. The lowest BCUT2D eigenvalue weighted by molar-refractivity contribution is -0.143. The Kier molecular flexibility index (Phi) is 5.52. The van der Waals surface area contributed by atoms with Crippen LogP contribution in [-0.4, -0.2) is 72.3 Å². The van der Waals surface area contributed by atoms with Crippen molar-refractivity contribution >= 4 is 5.91 Å². The molecule has 0 aliphatic carbocycles. The lowest BCUT2D eigenvalue weighted by atomic mass is 9.90. The number of pyridine rings is 1. The van der Waals surface area contributed by atoms with Crippen molar-refractivity contribution in [2.75, 3.05) is 33.4 Å². The van der Waals surface area contributed by atoms with Crippen LogP contribution in [0.4, 0.5) is 0 Å². The number of ether oxygens (including phenoxy) is 2. The van der Waals surface area contributed by atoms with Gasteiger partial charge in [0.2, 0.25) is 0 Å². The molecule has 1 aromatic heterocycles. The summed E-state index contributed by atoms with van der Waals surface area (Å²) in [7, 11) is 1.84. The molecule has 0 spiro atoms. The molecule has 0 radical (unpaired) electrons. The average molecular weight is 359 g/mol. The van der Waals surface area contributed by atoms with Gasteiger partial charge in [-0.15, -0.1) is 0 Å². The van der Waals surface area contributed by atoms with Crippen molar-refractivity contribution < 1.29 is 14.3 Å². The SMILES string of the molecule is CN(Cc1ccccn1)C(=O)[C@@H]1C[C@@H]2CCN(C3CCOCC3)C[C@@H]2O1. The standard InChI is InChI=1S/C20H29N3O3/c1-22(13-16-4-2-3-8-21-16)20(24)18-12-15-5-9-23(14-19(15)26-18)17-6-10-25-11-7-17/h2-4,8,15,17-19H,5-7,9-14H2,1H3/t15-,18-,19-/m0/s1. The number of piperidine rings is 1. The van der Waals surface area contributed by atoms with E-state index in [0.717, 1.165) is 57.7 Å². The van der Waals surface area contributed by atoms with Crippen molar-refractivity contribution in [3.8, 4) is 0 Å². The molecular weight excluding hydrogens is 330 g/mol. The molecule has 4 heterocycles. The maximum absolute atomic E-state index is 12.8. The van der Waals surface area contributed by atoms with Gasteiger partial charge in [0.1, 0.15) is 6.10 Å². The van der Waals surface area contributed by atoms with Gasteiger partial charge in [-0.25, -0.2) is 0 Å². The van der Waals surface area contributed by atoms with E-state index >= 15 is 0 Å². The number of hydrogen-bond donors (Lipinski definition) is 0. The molecule has 0 bridgehead atoms. The number of likely N-dealkylation sites (N-methyl/N-ethyl adjacent to an activating group) is 1. The van der Waals surface area contributed by atoms with Crippen LogP contribution in [0.15, 0.2) is 24.4 Å². The third-order valence-electron chi connectivity index (χ3n) is 6.07. The maximum atomic E-state index is 12.8. The Labute approximate surface area is 155 Å². The molecule has 3 saturated heterocycles. The fraction of sp³-hybridized carbons (Fsp3) is 0.700. The van der Waals surface area contributed by atoms with Gasteiger partial charge in [0.25, 0.3) is 5.91 Å². The van der Waals surface area contributed by atoms with Crippen molar-refractivity contribution in [2.24, 2.45) is 5.92 Å². The van der Waals surface area contributed by atoms with Crippen LogP contribution >= 0.6 is 0 Å². The van der Waals surface area contributed by atoms with Gasteiger partial charge in [-0.05, 0) is 50.3 Å². The van der Waals surface area contributed by atoms with Crippen molar-refractivity contribution in [3.05, 3.63) is 30.1 Å². The molecule has 3 fully saturated rings. The number of rotatable bonds is 4. The van der Waals surface area contributed by atoms with Crippen LogP contribution in [0.5, 0.6) is 0 Å². The summed E-state index contributed by atoms with van der Waals surface area (Å²) >= 11 is 0. The summed E-state index contributed by atoms with van der Waals surface area (Å²) in [4.78, 5) is 21.4. The van der Waals surface area contributed by atoms with E-state index < -0.39 is 0 Å². The molecule has 0 unspecified atom stereocenters. The third-order valence-corrected chi connectivity index (χ3v) is 6.07. The molecule has 1 amide bonds. The van der Waals surface area contributed by atoms with Crippen LogP contribution in [-0.2, 0) is 20.8 Å². The van der Waals surface area contributed by atoms with Gasteiger partial charge in [-0.1, -0.05) is 6.07 Å². The zero-order valence-electron chi connectivity index (χ0n) is 15.5. The van der Waals surface area contributed by atoms with Crippen molar-refractivity contribution in [2.45, 2.75) is 50.5 Å². The summed E-state index contributed by atoms with van der Waals surface area (Å²) in [5, 5.41) is 0. The highest BCUT2D eigenvalue weighted by molar-refractivity contribution is 5.81. The van der Waals surface area contributed by atoms with Gasteiger partial charge in [0, 0.05) is 39.0 Å². The molecule has 6 nitrogen and oxygen atoms in total. The summed E-state index contributed by atoms with van der Waals surface area (Å²) < 4.78 is 11.7. The second kappa shape index (κ2) is 8.03. The number of aromatic nitrogens is 1. The van der Waals surface area contributed by atoms with Gasteiger partial charge >= 0.3 is 0 Å². The number of amides is 1. The quantitative estimate of drug-likeness (QED) is 0.819. The van der Waals surface area contributed by atoms with Crippen LogP contribution in [0, 0.1) is 5.92 Å². The number of carbonyl (C=O) groups excluding carboxylic acids is 1. The average Bonchev–Trinajstić information content (AvgIpc) is 3.12. The molecular formula is C20H29N3O3. The summed E-state index contributed by atoms with van der Waals surface area (Å²) in [5.74, 6) is 0.603. The Hall–Kier alpha value is -1.50. The van der Waals surface area contributed by atoms with Gasteiger partial charge in [-0.2, -0.15) is 0 Å². The van der Waals surface area contributed by atoms with Gasteiger partial charge in [-0.3, -0.25) is 14.7 Å². The molecule has 1 aromatic rings. The predicted octanol–water partition coefficient (Wildman–Crippen LogP) is 1.70. The van der Waals surface area contributed by atoms with E-state index in [1.54, 1.807) is 11.1 Å². The van der Waals surface area contributed by atoms with Crippen LogP contribution in [0.1, 0.15) is 31.4 Å².